The summed E-state index contributed by atoms with van der Waals surface area (Å²) >= 11 is 0. The van der Waals surface area contributed by atoms with Gasteiger partial charge in [-0.1, -0.05) is 45.4 Å². The Kier molecular flexibility index (Phi) is 9.66. The molecule has 5 heteroatoms. The molecule has 0 saturated carbocycles. The van der Waals surface area contributed by atoms with E-state index in [1.165, 1.54) is 31.7 Å². The fourth-order valence-electron chi connectivity index (χ4n) is 2.87. The molecule has 25 heavy (non-hydrogen) atoms. The topological polar surface area (TPSA) is 83.8 Å². The first-order chi connectivity index (χ1) is 12.0. The lowest BCUT2D eigenvalue weighted by Crippen LogP contribution is -2.12. The fraction of sp³-hybridized carbons (Fsp3) is 0.600. The van der Waals surface area contributed by atoms with Crippen LogP contribution in [-0.4, -0.2) is 28.6 Å². The van der Waals surface area contributed by atoms with Gasteiger partial charge < -0.3 is 14.9 Å². The Balaban J connectivity index is 2.65. The standard InChI is InChI=1S/C20H30O5/c1-3-5-6-7-8-9-10-11-17(22)20-15(13-19(24)25-4-2)12-16(21)14-18(20)23/h12,14,21,23H,3-11,13H2,1-2H3. The van der Waals surface area contributed by atoms with Crippen molar-refractivity contribution in [3.8, 4) is 11.5 Å². The highest BCUT2D eigenvalue weighted by Crippen LogP contribution is 2.29. The SMILES string of the molecule is CCCCCCCCCC(=O)c1c(O)cc(O)cc1CC(=O)OCC. The van der Waals surface area contributed by atoms with Gasteiger partial charge in [0.25, 0.3) is 0 Å². The zero-order valence-corrected chi connectivity index (χ0v) is 15.3. The van der Waals surface area contributed by atoms with Crippen LogP contribution in [0.5, 0.6) is 11.5 Å². The van der Waals surface area contributed by atoms with Gasteiger partial charge in [-0.15, -0.1) is 0 Å². The molecule has 1 rings (SSSR count). The van der Waals surface area contributed by atoms with Gasteiger partial charge in [-0.05, 0) is 25.0 Å². The van der Waals surface area contributed by atoms with E-state index in [4.69, 9.17) is 4.74 Å². The highest BCUT2D eigenvalue weighted by Gasteiger charge is 2.20. The number of ether oxygens (including phenoxy) is 1. The van der Waals surface area contributed by atoms with Crippen molar-refractivity contribution in [3.05, 3.63) is 23.3 Å². The van der Waals surface area contributed by atoms with Crippen LogP contribution in [0.2, 0.25) is 0 Å². The number of hydrogen-bond donors (Lipinski definition) is 2. The zero-order chi connectivity index (χ0) is 18.7. The van der Waals surface area contributed by atoms with Gasteiger partial charge in [-0.3, -0.25) is 9.59 Å². The minimum absolute atomic E-state index is 0.122. The van der Waals surface area contributed by atoms with Gasteiger partial charge >= 0.3 is 5.97 Å². The van der Waals surface area contributed by atoms with Crippen LogP contribution in [-0.2, 0) is 16.0 Å². The van der Waals surface area contributed by atoms with E-state index in [2.05, 4.69) is 6.92 Å². The Labute approximate surface area is 150 Å². The third-order valence-corrected chi connectivity index (χ3v) is 4.11. The van der Waals surface area contributed by atoms with Crippen LogP contribution in [0.25, 0.3) is 0 Å². The Morgan fingerprint density at radius 3 is 2.24 bits per heavy atom. The number of phenols is 2. The van der Waals surface area contributed by atoms with E-state index in [1.54, 1.807) is 6.92 Å². The van der Waals surface area contributed by atoms with E-state index < -0.39 is 5.97 Å². The van der Waals surface area contributed by atoms with Gasteiger partial charge in [0.15, 0.2) is 5.78 Å². The molecule has 0 aliphatic rings. The molecule has 5 nitrogen and oxygen atoms in total. The second kappa shape index (κ2) is 11.5. The van der Waals surface area contributed by atoms with Gasteiger partial charge in [-0.2, -0.15) is 0 Å². The Morgan fingerprint density at radius 1 is 0.960 bits per heavy atom. The van der Waals surface area contributed by atoms with E-state index in [1.807, 2.05) is 0 Å². The Morgan fingerprint density at radius 2 is 1.60 bits per heavy atom. The molecule has 0 spiro atoms. The maximum Gasteiger partial charge on any atom is 0.310 e. The quantitative estimate of drug-likeness (QED) is 0.329. The van der Waals surface area contributed by atoms with E-state index in [0.717, 1.165) is 25.3 Å². The van der Waals surface area contributed by atoms with Crippen molar-refractivity contribution < 1.29 is 24.5 Å². The largest absolute Gasteiger partial charge is 0.508 e. The third kappa shape index (κ3) is 7.59. The molecule has 0 radical (unpaired) electrons. The monoisotopic (exact) mass is 350 g/mol. The average molecular weight is 350 g/mol. The normalized spacial score (nSPS) is 10.6. The number of Topliss-reactive ketones (excluding diaryl/α,β-unsaturated/α-hetero) is 1. The summed E-state index contributed by atoms with van der Waals surface area (Å²) in [5, 5.41) is 19.7. The van der Waals surface area contributed by atoms with Crippen molar-refractivity contribution >= 4 is 11.8 Å². The summed E-state index contributed by atoms with van der Waals surface area (Å²) in [5.74, 6) is -1.15. The van der Waals surface area contributed by atoms with Crippen LogP contribution >= 0.6 is 0 Å². The van der Waals surface area contributed by atoms with Crippen LogP contribution in [0.3, 0.4) is 0 Å². The maximum absolute atomic E-state index is 12.5. The molecule has 0 heterocycles. The van der Waals surface area contributed by atoms with Crippen LogP contribution in [0, 0.1) is 0 Å². The van der Waals surface area contributed by atoms with Crippen molar-refractivity contribution in [3.63, 3.8) is 0 Å². The van der Waals surface area contributed by atoms with Crippen LogP contribution in [0.15, 0.2) is 12.1 Å². The summed E-state index contributed by atoms with van der Waals surface area (Å²) in [7, 11) is 0. The molecule has 0 amide bonds. The lowest BCUT2D eigenvalue weighted by atomic mass is 9.96. The summed E-state index contributed by atoms with van der Waals surface area (Å²) in [6, 6.07) is 2.47. The van der Waals surface area contributed by atoms with Crippen molar-refractivity contribution in [1.29, 1.82) is 0 Å². The number of unbranched alkanes of at least 4 members (excludes halogenated alkanes) is 6. The summed E-state index contributed by atoms with van der Waals surface area (Å²) < 4.78 is 4.89. The minimum Gasteiger partial charge on any atom is -0.508 e. The molecule has 0 aliphatic carbocycles. The summed E-state index contributed by atoms with van der Waals surface area (Å²) in [6.45, 7) is 4.12. The number of benzene rings is 1. The van der Waals surface area contributed by atoms with Gasteiger partial charge in [-0.25, -0.2) is 0 Å². The van der Waals surface area contributed by atoms with Crippen LogP contribution in [0.4, 0.5) is 0 Å². The Bertz CT molecular complexity index is 565. The number of ketones is 1. The van der Waals surface area contributed by atoms with Gasteiger partial charge in [0.2, 0.25) is 0 Å². The first kappa shape index (κ1) is 21.0. The third-order valence-electron chi connectivity index (χ3n) is 4.11. The molecule has 2 N–H and O–H groups in total. The molecular weight excluding hydrogens is 320 g/mol. The van der Waals surface area contributed by atoms with Crippen molar-refractivity contribution in [1.82, 2.24) is 0 Å². The van der Waals surface area contributed by atoms with E-state index in [-0.39, 0.29) is 35.9 Å². The number of phenolic OH excluding ortho intramolecular Hbond substituents is 2. The number of esters is 1. The van der Waals surface area contributed by atoms with Gasteiger partial charge in [0.05, 0.1) is 18.6 Å². The smallest absolute Gasteiger partial charge is 0.310 e. The minimum atomic E-state index is -0.488. The first-order valence-electron chi connectivity index (χ1n) is 9.23. The maximum atomic E-state index is 12.5. The van der Waals surface area contributed by atoms with Crippen molar-refractivity contribution in [2.75, 3.05) is 6.61 Å². The average Bonchev–Trinajstić information content (AvgIpc) is 2.53. The number of hydrogen-bond acceptors (Lipinski definition) is 5. The van der Waals surface area contributed by atoms with Gasteiger partial charge in [0, 0.05) is 12.5 Å². The molecule has 1 aromatic carbocycles. The van der Waals surface area contributed by atoms with Crippen LogP contribution in [0.1, 0.15) is 81.1 Å². The molecule has 0 unspecified atom stereocenters. The lowest BCUT2D eigenvalue weighted by molar-refractivity contribution is -0.142. The molecule has 140 valence electrons. The second-order valence-corrected chi connectivity index (χ2v) is 6.28. The zero-order valence-electron chi connectivity index (χ0n) is 15.3. The lowest BCUT2D eigenvalue weighted by Gasteiger charge is -2.11. The highest BCUT2D eigenvalue weighted by atomic mass is 16.5. The number of aromatic hydroxyl groups is 2. The van der Waals surface area contributed by atoms with Crippen molar-refractivity contribution in [2.24, 2.45) is 0 Å². The van der Waals surface area contributed by atoms with E-state index in [9.17, 15) is 19.8 Å². The van der Waals surface area contributed by atoms with E-state index in [0.29, 0.717) is 12.0 Å². The first-order valence-corrected chi connectivity index (χ1v) is 9.23. The van der Waals surface area contributed by atoms with Crippen LogP contribution < -0.4 is 0 Å². The predicted octanol–water partition coefficient (Wildman–Crippen LogP) is 4.53. The van der Waals surface area contributed by atoms with E-state index >= 15 is 0 Å². The molecule has 1 aromatic rings. The fourth-order valence-corrected chi connectivity index (χ4v) is 2.87. The highest BCUT2D eigenvalue weighted by molar-refractivity contribution is 6.01. The number of carbonyl (C=O) groups excluding carboxylic acids is 2. The second-order valence-electron chi connectivity index (χ2n) is 6.28. The van der Waals surface area contributed by atoms with Gasteiger partial charge in [0.1, 0.15) is 11.5 Å². The molecule has 0 fully saturated rings. The number of carbonyl (C=O) groups is 2. The van der Waals surface area contributed by atoms with Crippen molar-refractivity contribution in [2.45, 2.75) is 71.6 Å². The Hall–Kier alpha value is -2.04. The molecule has 0 saturated heterocycles. The predicted molar refractivity (Wildman–Crippen MR) is 97.0 cm³/mol. The number of rotatable bonds is 12. The summed E-state index contributed by atoms with van der Waals surface area (Å²) in [5.41, 5.74) is 0.431. The molecule has 0 aliphatic heterocycles. The molecule has 0 atom stereocenters. The molecule has 0 bridgehead atoms. The summed E-state index contributed by atoms with van der Waals surface area (Å²) in [6.07, 6.45) is 7.87. The molecular formula is C20H30O5. The summed E-state index contributed by atoms with van der Waals surface area (Å²) in [4.78, 5) is 24.2. The molecule has 0 aromatic heterocycles.